The zero-order chi connectivity index (χ0) is 59.1. The molecule has 1 saturated heterocycles. The van der Waals surface area contributed by atoms with Crippen molar-refractivity contribution in [1.29, 1.82) is 0 Å². The van der Waals surface area contributed by atoms with E-state index in [9.17, 15) is 45.2 Å². The Morgan fingerprint density at radius 1 is 0.634 bits per heavy atom. The van der Waals surface area contributed by atoms with Gasteiger partial charge in [-0.1, -0.05) is 31.2 Å². The molecule has 0 radical (unpaired) electrons. The van der Waals surface area contributed by atoms with Crippen LogP contribution in [0.3, 0.4) is 0 Å². The van der Waals surface area contributed by atoms with E-state index in [-0.39, 0.29) is 57.2 Å². The lowest BCUT2D eigenvalue weighted by Gasteiger charge is -2.39. The maximum Gasteiger partial charge on any atom is 0.313 e. The number of amidine groups is 1. The first kappa shape index (κ1) is 66.8. The summed E-state index contributed by atoms with van der Waals surface area (Å²) in [7, 11) is -5.65. The molecule has 0 aromatic heterocycles. The predicted molar refractivity (Wildman–Crippen MR) is 286 cm³/mol. The third-order valence-electron chi connectivity index (χ3n) is 11.9. The number of hydrogen-bond acceptors (Lipinski definition) is 19. The third-order valence-corrected chi connectivity index (χ3v) is 12.7. The second-order valence-corrected chi connectivity index (χ2v) is 19.2. The van der Waals surface area contributed by atoms with Crippen molar-refractivity contribution < 1.29 is 102 Å². The number of halogens is 4. The van der Waals surface area contributed by atoms with E-state index < -0.39 is 62.5 Å². The van der Waals surface area contributed by atoms with Gasteiger partial charge in [-0.25, -0.2) is 13.8 Å². The van der Waals surface area contributed by atoms with Crippen LogP contribution in [0.1, 0.15) is 48.5 Å². The molecule has 0 spiro atoms. The third kappa shape index (κ3) is 22.6. The molecule has 5 N–H and O–H groups in total. The van der Waals surface area contributed by atoms with Gasteiger partial charge in [0.2, 0.25) is 29.2 Å². The minimum Gasteiger partial charge on any atom is -0.420 e. The number of aliphatic imine (C=N–C) groups is 1. The number of likely N-dealkylation sites (tertiary alicyclic amines) is 1. The van der Waals surface area contributed by atoms with Crippen LogP contribution in [0.15, 0.2) is 57.9 Å². The molecule has 23 nitrogen and oxygen atoms in total. The normalized spacial score (nSPS) is 14.1. The number of benzene rings is 3. The van der Waals surface area contributed by atoms with Gasteiger partial charge in [0, 0.05) is 42.8 Å². The van der Waals surface area contributed by atoms with E-state index in [1.54, 1.807) is 17.0 Å². The fourth-order valence-electron chi connectivity index (χ4n) is 7.62. The SMILES string of the molecule is CCCNC(=O)C1=Cc2ccc(-c3ccc(C(=O)N4CC[C@H]4C(=O)NCCOCCOCCOCCOCCOCCOCCOCCOCCOCCOCCC(=O)Oc4c(F)c(F)c(S(=O)(=O)O)c(F)c4F)cc3)cc2N=C(N)C1. The highest BCUT2D eigenvalue weighted by Crippen LogP contribution is 2.34. The van der Waals surface area contributed by atoms with E-state index in [1.165, 1.54) is 0 Å². The molecule has 454 valence electrons. The maximum absolute atomic E-state index is 14.0. The molecule has 2 aliphatic rings. The Morgan fingerprint density at radius 2 is 1.10 bits per heavy atom. The molecule has 3 amide bonds. The monoisotopic (exact) mass is 1190 g/mol. The molecule has 5 rings (SSSR count). The highest BCUT2D eigenvalue weighted by molar-refractivity contribution is 7.85. The zero-order valence-electron chi connectivity index (χ0n) is 45.6. The Balaban J connectivity index is 0.741. The Bertz CT molecular complexity index is 2680. The highest BCUT2D eigenvalue weighted by atomic mass is 32.2. The Hall–Kier alpha value is -6.02. The lowest BCUT2D eigenvalue weighted by atomic mass is 9.98. The van der Waals surface area contributed by atoms with Crippen LogP contribution in [-0.2, 0) is 71.9 Å². The molecule has 2 aliphatic heterocycles. The van der Waals surface area contributed by atoms with E-state index in [4.69, 9.17) is 57.7 Å². The predicted octanol–water partition coefficient (Wildman–Crippen LogP) is 3.95. The molecule has 1 fully saturated rings. The van der Waals surface area contributed by atoms with Crippen LogP contribution < -0.4 is 21.1 Å². The van der Waals surface area contributed by atoms with Crippen LogP contribution in [0.25, 0.3) is 17.2 Å². The largest absolute Gasteiger partial charge is 0.420 e. The van der Waals surface area contributed by atoms with Crippen molar-refractivity contribution in [3.05, 3.63) is 82.4 Å². The van der Waals surface area contributed by atoms with Crippen LogP contribution >= 0.6 is 0 Å². The van der Waals surface area contributed by atoms with Gasteiger partial charge in [0.15, 0.2) is 16.5 Å². The number of esters is 1. The molecule has 2 heterocycles. The van der Waals surface area contributed by atoms with Crippen molar-refractivity contribution in [3.8, 4) is 16.9 Å². The van der Waals surface area contributed by atoms with Crippen molar-refractivity contribution >= 4 is 51.4 Å². The number of ether oxygens (including phenoxy) is 11. The molecule has 3 aromatic carbocycles. The smallest absolute Gasteiger partial charge is 0.313 e. The van der Waals surface area contributed by atoms with E-state index in [0.29, 0.717) is 148 Å². The molecular weight excluding hydrogens is 1110 g/mol. The number of nitrogens with zero attached hydrogens (tertiary/aromatic N) is 2. The fraction of sp³-hybridized carbons (Fsp3) is 0.537. The van der Waals surface area contributed by atoms with E-state index >= 15 is 0 Å². The molecule has 82 heavy (non-hydrogen) atoms. The number of carbonyl (C=O) groups is 4. The van der Waals surface area contributed by atoms with Gasteiger partial charge in [0.05, 0.1) is 144 Å². The van der Waals surface area contributed by atoms with Gasteiger partial charge in [0.1, 0.15) is 11.9 Å². The van der Waals surface area contributed by atoms with Gasteiger partial charge in [-0.3, -0.25) is 23.7 Å². The second kappa shape index (κ2) is 36.5. The van der Waals surface area contributed by atoms with Crippen molar-refractivity contribution in [1.82, 2.24) is 15.5 Å². The molecule has 0 bridgehead atoms. The highest BCUT2D eigenvalue weighted by Gasteiger charge is 2.38. The minimum atomic E-state index is -5.65. The Labute approximate surface area is 472 Å². The van der Waals surface area contributed by atoms with Crippen molar-refractivity contribution in [2.45, 2.75) is 43.5 Å². The summed E-state index contributed by atoms with van der Waals surface area (Å²) >= 11 is 0. The Kier molecular flexibility index (Phi) is 29.8. The summed E-state index contributed by atoms with van der Waals surface area (Å²) in [6.45, 7) is 9.11. The van der Waals surface area contributed by atoms with Crippen molar-refractivity contribution in [2.75, 3.05) is 152 Å². The van der Waals surface area contributed by atoms with Crippen LogP contribution in [-0.4, -0.2) is 205 Å². The zero-order valence-corrected chi connectivity index (χ0v) is 46.4. The van der Waals surface area contributed by atoms with E-state index in [0.717, 1.165) is 23.1 Å². The number of hydrogen-bond donors (Lipinski definition) is 4. The maximum atomic E-state index is 14.0. The quantitative estimate of drug-likeness (QED) is 0.0156. The summed E-state index contributed by atoms with van der Waals surface area (Å²) in [6.07, 6.45) is 2.89. The average molecular weight is 1190 g/mol. The first-order chi connectivity index (χ1) is 39.6. The number of nitrogens with one attached hydrogen (secondary N) is 2. The van der Waals surface area contributed by atoms with Crippen LogP contribution in [0.2, 0.25) is 0 Å². The van der Waals surface area contributed by atoms with Gasteiger partial charge in [-0.15, -0.1) is 0 Å². The topological polar surface area (TPSA) is 290 Å². The van der Waals surface area contributed by atoms with Gasteiger partial charge < -0.3 is 73.4 Å². The van der Waals surface area contributed by atoms with Crippen LogP contribution in [0.4, 0.5) is 23.2 Å². The molecular formula is C54H71F4N5O18S. The number of nitrogens with two attached hydrogens (primary N) is 1. The van der Waals surface area contributed by atoms with Crippen molar-refractivity contribution in [3.63, 3.8) is 0 Å². The summed E-state index contributed by atoms with van der Waals surface area (Å²) < 4.78 is 145. The van der Waals surface area contributed by atoms with E-state index in [1.807, 2.05) is 43.3 Å². The van der Waals surface area contributed by atoms with Gasteiger partial charge in [-0.2, -0.15) is 17.2 Å². The first-order valence-electron chi connectivity index (χ1n) is 26.6. The van der Waals surface area contributed by atoms with Crippen LogP contribution in [0.5, 0.6) is 5.75 Å². The number of carbonyl (C=O) groups excluding carboxylic acids is 4. The summed E-state index contributed by atoms with van der Waals surface area (Å²) in [5, 5.41) is 5.74. The average Bonchev–Trinajstić information content (AvgIpc) is 2.82. The molecule has 1 atom stereocenters. The van der Waals surface area contributed by atoms with Gasteiger partial charge >= 0.3 is 16.1 Å². The summed E-state index contributed by atoms with van der Waals surface area (Å²) in [5.41, 5.74) is 10.4. The fourth-order valence-corrected chi connectivity index (χ4v) is 8.25. The number of amides is 3. The van der Waals surface area contributed by atoms with E-state index in [2.05, 4.69) is 20.4 Å². The first-order valence-corrected chi connectivity index (χ1v) is 28.0. The van der Waals surface area contributed by atoms with Gasteiger partial charge in [-0.05, 0) is 48.2 Å². The molecule has 0 unspecified atom stereocenters. The minimum absolute atomic E-state index is 0.0146. The summed E-state index contributed by atoms with van der Waals surface area (Å²) in [4.78, 5) is 54.6. The summed E-state index contributed by atoms with van der Waals surface area (Å²) in [6, 6.07) is 12.4. The van der Waals surface area contributed by atoms with Crippen LogP contribution in [0, 0.1) is 23.3 Å². The Morgan fingerprint density at radius 3 is 1.55 bits per heavy atom. The summed E-state index contributed by atoms with van der Waals surface area (Å²) in [5.74, 6) is -13.0. The molecule has 0 aliphatic carbocycles. The number of fused-ring (bicyclic) bond motifs is 1. The van der Waals surface area contributed by atoms with Gasteiger partial charge in [0.25, 0.3) is 5.91 Å². The molecule has 28 heteroatoms. The second-order valence-electron chi connectivity index (χ2n) is 17.9. The molecule has 3 aromatic rings. The number of rotatable bonds is 41. The molecule has 0 saturated carbocycles. The lowest BCUT2D eigenvalue weighted by molar-refractivity contribution is -0.136. The standard InChI is InChI=1S/C54H71F4N5O18S/c1-2-11-60-52(65)41-34-40-8-7-39(35-42(40)62-44(59)36-41)37-3-5-38(6-4-37)54(67)63-13-9-43(63)53(66)61-12-15-72-17-19-74-21-23-76-25-27-78-29-31-80-33-32-79-30-28-77-26-24-75-22-20-73-18-16-71-14-10-45(64)81-50-46(55)48(57)51(82(68,69)70)49(58)47(50)56/h3-8,34-35,43H,2,9-33,36H2,1H3,(H2,59,62)(H,60,65)(H,61,66)(H,68,69,70)/t43-/m0/s1. The lowest BCUT2D eigenvalue weighted by Crippen LogP contribution is -2.58. The van der Waals surface area contributed by atoms with Crippen molar-refractivity contribution in [2.24, 2.45) is 10.7 Å².